The van der Waals surface area contributed by atoms with E-state index >= 15 is 0 Å². The first-order chi connectivity index (χ1) is 9.34. The van der Waals surface area contributed by atoms with Gasteiger partial charge in [0.1, 0.15) is 0 Å². The van der Waals surface area contributed by atoms with Gasteiger partial charge in [0.25, 0.3) is 10.0 Å². The second-order valence-electron chi connectivity index (χ2n) is 4.11. The Balaban J connectivity index is 2.50. The van der Waals surface area contributed by atoms with Crippen molar-refractivity contribution < 1.29 is 8.42 Å². The van der Waals surface area contributed by atoms with Crippen molar-refractivity contribution in [3.05, 3.63) is 52.5 Å². The second kappa shape index (κ2) is 5.52. The van der Waals surface area contributed by atoms with E-state index in [1.54, 1.807) is 24.3 Å². The molecular formula is C13H12Cl2N2O2S. The number of rotatable bonds is 3. The molecule has 0 amide bonds. The Morgan fingerprint density at radius 3 is 2.30 bits per heavy atom. The smallest absolute Gasteiger partial charge is 0.264 e. The monoisotopic (exact) mass is 330 g/mol. The molecule has 106 valence electrons. The first-order valence-corrected chi connectivity index (χ1v) is 7.82. The van der Waals surface area contributed by atoms with E-state index in [0.29, 0.717) is 16.4 Å². The molecule has 4 nitrogen and oxygen atoms in total. The van der Waals surface area contributed by atoms with E-state index < -0.39 is 10.0 Å². The molecule has 0 saturated carbocycles. The molecule has 0 aliphatic carbocycles. The van der Waals surface area contributed by atoms with Gasteiger partial charge >= 0.3 is 0 Å². The minimum atomic E-state index is -3.74. The lowest BCUT2D eigenvalue weighted by Gasteiger charge is -2.21. The molecular weight excluding hydrogens is 319 g/mol. The number of hydrogen-bond acceptors (Lipinski definition) is 3. The van der Waals surface area contributed by atoms with Gasteiger partial charge in [0, 0.05) is 7.05 Å². The van der Waals surface area contributed by atoms with Crippen LogP contribution in [0, 0.1) is 0 Å². The highest BCUT2D eigenvalue weighted by Gasteiger charge is 2.23. The number of nitrogens with two attached hydrogens (primary N) is 1. The Morgan fingerprint density at radius 2 is 1.70 bits per heavy atom. The maximum absolute atomic E-state index is 12.5. The average Bonchev–Trinajstić information content (AvgIpc) is 2.41. The Labute approximate surface area is 127 Å². The number of para-hydroxylation sites is 2. The largest absolute Gasteiger partial charge is 0.397 e. The highest BCUT2D eigenvalue weighted by atomic mass is 35.5. The van der Waals surface area contributed by atoms with Crippen LogP contribution in [0.3, 0.4) is 0 Å². The van der Waals surface area contributed by atoms with Gasteiger partial charge in [0.05, 0.1) is 26.3 Å². The quantitative estimate of drug-likeness (QED) is 0.877. The highest BCUT2D eigenvalue weighted by Crippen LogP contribution is 2.30. The van der Waals surface area contributed by atoms with Crippen molar-refractivity contribution in [1.82, 2.24) is 0 Å². The number of hydrogen-bond donors (Lipinski definition) is 1. The van der Waals surface area contributed by atoms with Crippen molar-refractivity contribution in [1.29, 1.82) is 0 Å². The lowest BCUT2D eigenvalue weighted by Crippen LogP contribution is -2.27. The minimum absolute atomic E-state index is 0.0534. The van der Waals surface area contributed by atoms with Gasteiger partial charge in [-0.05, 0) is 30.3 Å². The third-order valence-corrected chi connectivity index (χ3v) is 5.33. The number of nitrogen functional groups attached to an aromatic ring is 1. The number of sulfonamides is 1. The van der Waals surface area contributed by atoms with Gasteiger partial charge in [-0.3, -0.25) is 4.31 Å². The third kappa shape index (κ3) is 2.70. The second-order valence-corrected chi connectivity index (χ2v) is 6.89. The van der Waals surface area contributed by atoms with E-state index in [1.807, 2.05) is 0 Å². The first-order valence-electron chi connectivity index (χ1n) is 5.62. The summed E-state index contributed by atoms with van der Waals surface area (Å²) in [6, 6.07) is 10.9. The van der Waals surface area contributed by atoms with E-state index in [-0.39, 0.29) is 9.92 Å². The Kier molecular flexibility index (Phi) is 4.13. The molecule has 0 spiro atoms. The zero-order valence-electron chi connectivity index (χ0n) is 10.5. The molecule has 0 fully saturated rings. The van der Waals surface area contributed by atoms with Gasteiger partial charge in [-0.25, -0.2) is 8.42 Å². The molecule has 0 bridgehead atoms. The van der Waals surface area contributed by atoms with Crippen LogP contribution in [-0.4, -0.2) is 15.5 Å². The van der Waals surface area contributed by atoms with Crippen molar-refractivity contribution in [2.45, 2.75) is 4.90 Å². The minimum Gasteiger partial charge on any atom is -0.397 e. The first kappa shape index (κ1) is 15.0. The Morgan fingerprint density at radius 1 is 1.05 bits per heavy atom. The number of nitrogens with zero attached hydrogens (tertiary/aromatic N) is 1. The molecule has 0 aromatic heterocycles. The summed E-state index contributed by atoms with van der Waals surface area (Å²) in [6.45, 7) is 0. The number of anilines is 2. The van der Waals surface area contributed by atoms with Gasteiger partial charge < -0.3 is 5.73 Å². The normalized spacial score (nSPS) is 11.3. The number of halogens is 2. The molecule has 0 unspecified atom stereocenters. The zero-order chi connectivity index (χ0) is 14.9. The van der Waals surface area contributed by atoms with Crippen LogP contribution < -0.4 is 10.0 Å². The van der Waals surface area contributed by atoms with Crippen LogP contribution in [0.4, 0.5) is 11.4 Å². The van der Waals surface area contributed by atoms with Crippen LogP contribution >= 0.6 is 23.2 Å². The van der Waals surface area contributed by atoms with Crippen LogP contribution in [0.2, 0.25) is 10.0 Å². The van der Waals surface area contributed by atoms with Crippen LogP contribution in [0.1, 0.15) is 0 Å². The highest BCUT2D eigenvalue weighted by molar-refractivity contribution is 7.92. The summed E-state index contributed by atoms with van der Waals surface area (Å²) in [5.41, 5.74) is 6.57. The van der Waals surface area contributed by atoms with Crippen LogP contribution in [0.15, 0.2) is 47.4 Å². The summed E-state index contributed by atoms with van der Waals surface area (Å²) in [5, 5.41) is 0.481. The fourth-order valence-corrected chi connectivity index (χ4v) is 3.31. The predicted molar refractivity (Wildman–Crippen MR) is 82.9 cm³/mol. The van der Waals surface area contributed by atoms with E-state index in [9.17, 15) is 8.42 Å². The topological polar surface area (TPSA) is 63.4 Å². The molecule has 20 heavy (non-hydrogen) atoms. The molecule has 0 aliphatic heterocycles. The van der Waals surface area contributed by atoms with Gasteiger partial charge in [-0.2, -0.15) is 0 Å². The lowest BCUT2D eigenvalue weighted by atomic mass is 10.3. The summed E-state index contributed by atoms with van der Waals surface area (Å²) >= 11 is 11.7. The van der Waals surface area contributed by atoms with Crippen molar-refractivity contribution in [2.75, 3.05) is 17.1 Å². The van der Waals surface area contributed by atoms with Gasteiger partial charge in [-0.1, -0.05) is 35.3 Å². The SMILES string of the molecule is CN(c1ccccc1N)S(=O)(=O)c1ccc(Cl)c(Cl)c1. The molecule has 0 heterocycles. The fraction of sp³-hybridized carbons (Fsp3) is 0.0769. The summed E-state index contributed by atoms with van der Waals surface area (Å²) in [4.78, 5) is 0.0534. The van der Waals surface area contributed by atoms with Crippen molar-refractivity contribution in [3.63, 3.8) is 0 Å². The van der Waals surface area contributed by atoms with E-state index in [1.165, 1.54) is 25.2 Å². The molecule has 2 aromatic carbocycles. The molecule has 0 atom stereocenters. The fourth-order valence-electron chi connectivity index (χ4n) is 1.70. The van der Waals surface area contributed by atoms with Gasteiger partial charge in [0.15, 0.2) is 0 Å². The third-order valence-electron chi connectivity index (χ3n) is 2.83. The molecule has 0 radical (unpaired) electrons. The van der Waals surface area contributed by atoms with Crippen LogP contribution in [0.5, 0.6) is 0 Å². The van der Waals surface area contributed by atoms with E-state index in [0.717, 1.165) is 4.31 Å². The average molecular weight is 331 g/mol. The Hall–Kier alpha value is -1.43. The Bertz CT molecular complexity index is 748. The molecule has 7 heteroatoms. The summed E-state index contributed by atoms with van der Waals surface area (Å²) < 4.78 is 26.1. The van der Waals surface area contributed by atoms with Gasteiger partial charge in [-0.15, -0.1) is 0 Å². The maximum atomic E-state index is 12.5. The standard InChI is InChI=1S/C13H12Cl2N2O2S/c1-17(13-5-3-2-4-12(13)16)20(18,19)9-6-7-10(14)11(15)8-9/h2-8H,16H2,1H3. The molecule has 2 rings (SSSR count). The lowest BCUT2D eigenvalue weighted by molar-refractivity contribution is 0.594. The summed E-state index contributed by atoms with van der Waals surface area (Å²) in [5.74, 6) is 0. The van der Waals surface area contributed by atoms with Crippen LogP contribution in [0.25, 0.3) is 0 Å². The molecule has 0 saturated heterocycles. The van der Waals surface area contributed by atoms with E-state index in [4.69, 9.17) is 28.9 Å². The molecule has 2 N–H and O–H groups in total. The molecule has 0 aliphatic rings. The van der Waals surface area contributed by atoms with Crippen molar-refractivity contribution in [2.24, 2.45) is 0 Å². The predicted octanol–water partition coefficient (Wildman–Crippen LogP) is 3.40. The van der Waals surface area contributed by atoms with Crippen molar-refractivity contribution >= 4 is 44.6 Å². The van der Waals surface area contributed by atoms with Gasteiger partial charge in [0.2, 0.25) is 0 Å². The summed E-state index contributed by atoms with van der Waals surface area (Å²) in [7, 11) is -2.31. The zero-order valence-corrected chi connectivity index (χ0v) is 12.9. The number of benzene rings is 2. The van der Waals surface area contributed by atoms with Crippen LogP contribution in [-0.2, 0) is 10.0 Å². The maximum Gasteiger partial charge on any atom is 0.264 e. The molecule has 2 aromatic rings. The van der Waals surface area contributed by atoms with E-state index in [2.05, 4.69) is 0 Å². The van der Waals surface area contributed by atoms with Crippen molar-refractivity contribution in [3.8, 4) is 0 Å². The summed E-state index contributed by atoms with van der Waals surface area (Å²) in [6.07, 6.45) is 0.